The lowest BCUT2D eigenvalue weighted by Crippen LogP contribution is -2.50. The predicted molar refractivity (Wildman–Crippen MR) is 70.1 cm³/mol. The molecule has 0 atom stereocenters. The molecule has 0 unspecified atom stereocenters. The van der Waals surface area contributed by atoms with Gasteiger partial charge in [-0.2, -0.15) is 0 Å². The van der Waals surface area contributed by atoms with Crippen molar-refractivity contribution in [2.24, 2.45) is 0 Å². The summed E-state index contributed by atoms with van der Waals surface area (Å²) in [5, 5.41) is 0. The third-order valence-corrected chi connectivity index (χ3v) is 3.28. The van der Waals surface area contributed by atoms with Gasteiger partial charge in [0.25, 0.3) is 5.91 Å². The molecule has 4 heteroatoms. The van der Waals surface area contributed by atoms with Crippen LogP contribution >= 0.6 is 15.9 Å². The average Bonchev–Trinajstić information content (AvgIpc) is 2.26. The summed E-state index contributed by atoms with van der Waals surface area (Å²) in [6.07, 6.45) is 0. The molecule has 92 valence electrons. The number of carbonyl (C=O) groups is 1. The van der Waals surface area contributed by atoms with E-state index in [9.17, 15) is 4.79 Å². The minimum absolute atomic E-state index is 0.0719. The highest BCUT2D eigenvalue weighted by Crippen LogP contribution is 2.19. The molecule has 0 saturated carbocycles. The standard InChI is InChI=1S/C13H16BrNO2/c1-13(2)9-15(6-7-17-13)12(16)10-4-3-5-11(14)8-10/h3-5,8H,6-7,9H2,1-2H3. The summed E-state index contributed by atoms with van der Waals surface area (Å²) in [7, 11) is 0. The van der Waals surface area contributed by atoms with Crippen LogP contribution in [0.1, 0.15) is 24.2 Å². The maximum Gasteiger partial charge on any atom is 0.254 e. The van der Waals surface area contributed by atoms with E-state index in [-0.39, 0.29) is 11.5 Å². The second kappa shape index (κ2) is 4.78. The molecule has 3 nitrogen and oxygen atoms in total. The zero-order valence-corrected chi connectivity index (χ0v) is 11.7. The number of hydrogen-bond donors (Lipinski definition) is 0. The molecule has 17 heavy (non-hydrogen) atoms. The summed E-state index contributed by atoms with van der Waals surface area (Å²) in [6, 6.07) is 7.49. The van der Waals surface area contributed by atoms with Crippen molar-refractivity contribution in [2.45, 2.75) is 19.4 Å². The largest absolute Gasteiger partial charge is 0.372 e. The Kier molecular flexibility index (Phi) is 3.54. The number of nitrogens with zero attached hydrogens (tertiary/aromatic N) is 1. The fourth-order valence-corrected chi connectivity index (χ4v) is 2.39. The van der Waals surface area contributed by atoms with Gasteiger partial charge in [-0.3, -0.25) is 4.79 Å². The summed E-state index contributed by atoms with van der Waals surface area (Å²) in [4.78, 5) is 14.1. The molecule has 0 bridgehead atoms. The van der Waals surface area contributed by atoms with E-state index in [0.717, 1.165) is 10.0 Å². The maximum atomic E-state index is 12.3. The van der Waals surface area contributed by atoms with Crippen molar-refractivity contribution in [3.63, 3.8) is 0 Å². The monoisotopic (exact) mass is 297 g/mol. The van der Waals surface area contributed by atoms with Crippen LogP contribution in [-0.4, -0.2) is 36.1 Å². The summed E-state index contributed by atoms with van der Waals surface area (Å²) in [5.41, 5.74) is 0.469. The lowest BCUT2D eigenvalue weighted by atomic mass is 10.1. The number of ether oxygens (including phenoxy) is 1. The van der Waals surface area contributed by atoms with Gasteiger partial charge in [0.15, 0.2) is 0 Å². The Hall–Kier alpha value is -0.870. The fourth-order valence-electron chi connectivity index (χ4n) is 1.99. The van der Waals surface area contributed by atoms with Gasteiger partial charge >= 0.3 is 0 Å². The van der Waals surface area contributed by atoms with Crippen molar-refractivity contribution < 1.29 is 9.53 Å². The van der Waals surface area contributed by atoms with E-state index in [1.807, 2.05) is 43.0 Å². The Morgan fingerprint density at radius 1 is 1.47 bits per heavy atom. The Balaban J connectivity index is 2.15. The fraction of sp³-hybridized carbons (Fsp3) is 0.462. The molecule has 2 rings (SSSR count). The molecule has 0 radical (unpaired) electrons. The van der Waals surface area contributed by atoms with Gasteiger partial charge in [-0.1, -0.05) is 22.0 Å². The molecule has 0 N–H and O–H groups in total. The number of rotatable bonds is 1. The van der Waals surface area contributed by atoms with E-state index in [4.69, 9.17) is 4.74 Å². The number of carbonyl (C=O) groups excluding carboxylic acids is 1. The van der Waals surface area contributed by atoms with Gasteiger partial charge in [0.05, 0.1) is 12.2 Å². The van der Waals surface area contributed by atoms with E-state index < -0.39 is 0 Å². The van der Waals surface area contributed by atoms with E-state index >= 15 is 0 Å². The molecule has 1 saturated heterocycles. The van der Waals surface area contributed by atoms with E-state index in [1.165, 1.54) is 0 Å². The van der Waals surface area contributed by atoms with Crippen molar-refractivity contribution in [2.75, 3.05) is 19.7 Å². The number of morpholine rings is 1. The minimum Gasteiger partial charge on any atom is -0.372 e. The van der Waals surface area contributed by atoms with E-state index in [1.54, 1.807) is 0 Å². The zero-order valence-electron chi connectivity index (χ0n) is 10.1. The Morgan fingerprint density at radius 2 is 2.24 bits per heavy atom. The minimum atomic E-state index is -0.250. The summed E-state index contributed by atoms with van der Waals surface area (Å²) in [6.45, 7) is 5.92. The van der Waals surface area contributed by atoms with Crippen molar-refractivity contribution in [3.05, 3.63) is 34.3 Å². The molecule has 1 aromatic carbocycles. The van der Waals surface area contributed by atoms with Crippen LogP contribution in [0.4, 0.5) is 0 Å². The number of benzene rings is 1. The quantitative estimate of drug-likeness (QED) is 0.798. The van der Waals surface area contributed by atoms with Gasteiger partial charge in [0.2, 0.25) is 0 Å². The van der Waals surface area contributed by atoms with Crippen LogP contribution in [-0.2, 0) is 4.74 Å². The molecule has 0 spiro atoms. The second-order valence-electron chi connectivity index (χ2n) is 4.85. The molecular weight excluding hydrogens is 282 g/mol. The van der Waals surface area contributed by atoms with Crippen LogP contribution < -0.4 is 0 Å². The Bertz CT molecular complexity index is 431. The average molecular weight is 298 g/mol. The number of amides is 1. The number of halogens is 1. The third-order valence-electron chi connectivity index (χ3n) is 2.78. The molecule has 1 aliphatic rings. The van der Waals surface area contributed by atoms with Crippen molar-refractivity contribution >= 4 is 21.8 Å². The Labute approximate surface area is 110 Å². The first-order valence-corrected chi connectivity index (χ1v) is 6.46. The first kappa shape index (κ1) is 12.6. The SMILES string of the molecule is CC1(C)CN(C(=O)c2cccc(Br)c2)CCO1. The topological polar surface area (TPSA) is 29.5 Å². The lowest BCUT2D eigenvalue weighted by Gasteiger charge is -2.38. The first-order chi connectivity index (χ1) is 7.98. The molecule has 1 aromatic rings. The van der Waals surface area contributed by atoms with E-state index in [0.29, 0.717) is 19.7 Å². The van der Waals surface area contributed by atoms with Crippen LogP contribution in [0.25, 0.3) is 0 Å². The molecule has 0 aromatic heterocycles. The van der Waals surface area contributed by atoms with Crippen LogP contribution in [0.3, 0.4) is 0 Å². The summed E-state index contributed by atoms with van der Waals surface area (Å²) < 4.78 is 6.53. The van der Waals surface area contributed by atoms with Gasteiger partial charge in [-0.05, 0) is 32.0 Å². The predicted octanol–water partition coefficient (Wildman–Crippen LogP) is 2.70. The summed E-state index contributed by atoms with van der Waals surface area (Å²) >= 11 is 3.38. The maximum absolute atomic E-state index is 12.3. The number of hydrogen-bond acceptors (Lipinski definition) is 2. The van der Waals surface area contributed by atoms with Crippen LogP contribution in [0.15, 0.2) is 28.7 Å². The van der Waals surface area contributed by atoms with Gasteiger partial charge in [-0.15, -0.1) is 0 Å². The highest BCUT2D eigenvalue weighted by Gasteiger charge is 2.30. The normalized spacial score (nSPS) is 19.1. The van der Waals surface area contributed by atoms with Crippen LogP contribution in [0.5, 0.6) is 0 Å². The highest BCUT2D eigenvalue weighted by atomic mass is 79.9. The van der Waals surface area contributed by atoms with Gasteiger partial charge < -0.3 is 9.64 Å². The van der Waals surface area contributed by atoms with Crippen LogP contribution in [0, 0.1) is 0 Å². The van der Waals surface area contributed by atoms with Crippen molar-refractivity contribution in [1.82, 2.24) is 4.90 Å². The zero-order chi connectivity index (χ0) is 12.5. The highest BCUT2D eigenvalue weighted by molar-refractivity contribution is 9.10. The van der Waals surface area contributed by atoms with E-state index in [2.05, 4.69) is 15.9 Å². The summed E-state index contributed by atoms with van der Waals surface area (Å²) in [5.74, 6) is 0.0719. The van der Waals surface area contributed by atoms with Crippen molar-refractivity contribution in [1.29, 1.82) is 0 Å². The van der Waals surface area contributed by atoms with Gasteiger partial charge in [-0.25, -0.2) is 0 Å². The smallest absolute Gasteiger partial charge is 0.254 e. The Morgan fingerprint density at radius 3 is 2.88 bits per heavy atom. The molecule has 1 aliphatic heterocycles. The molecule has 0 aliphatic carbocycles. The third kappa shape index (κ3) is 3.07. The second-order valence-corrected chi connectivity index (χ2v) is 5.76. The molecular formula is C13H16BrNO2. The first-order valence-electron chi connectivity index (χ1n) is 5.67. The molecule has 1 amide bonds. The van der Waals surface area contributed by atoms with Crippen LogP contribution in [0.2, 0.25) is 0 Å². The molecule has 1 fully saturated rings. The molecule has 1 heterocycles. The van der Waals surface area contributed by atoms with Gasteiger partial charge in [0.1, 0.15) is 0 Å². The van der Waals surface area contributed by atoms with Gasteiger partial charge in [0, 0.05) is 23.1 Å². The lowest BCUT2D eigenvalue weighted by molar-refractivity contribution is -0.0764. The van der Waals surface area contributed by atoms with Crippen molar-refractivity contribution in [3.8, 4) is 0 Å².